The van der Waals surface area contributed by atoms with Crippen molar-refractivity contribution < 1.29 is 23.5 Å². The molecular weight excluding hydrogens is 537 g/mol. The predicted octanol–water partition coefficient (Wildman–Crippen LogP) is 4.05. The highest BCUT2D eigenvalue weighted by Gasteiger charge is 2.30. The maximum atomic E-state index is 13.3. The Morgan fingerprint density at radius 3 is 2.52 bits per heavy atom. The van der Waals surface area contributed by atoms with Crippen LogP contribution in [0.5, 0.6) is 0 Å². The van der Waals surface area contributed by atoms with Crippen LogP contribution in [-0.4, -0.2) is 58.5 Å². The molecule has 2 aliphatic rings. The number of aromatic nitrogens is 3. The third kappa shape index (κ3) is 6.67. The number of pyridine rings is 1. The average molecular weight is 566 g/mol. The fraction of sp³-hybridized carbons (Fsp3) is 0.379. The summed E-state index contributed by atoms with van der Waals surface area (Å²) in [6.07, 6.45) is 5.40. The SMILES string of the molecule is Cc1cc(C#Cc2ccc(F)cc2)cnc1NC(=O)c1c(Cl)cnn1[C@H]1CC[C@@H](NC(=O)C2COCCO2)CC1. The quantitative estimate of drug-likeness (QED) is 0.452. The molecule has 1 aliphatic heterocycles. The Balaban J connectivity index is 1.20. The smallest absolute Gasteiger partial charge is 0.276 e. The maximum Gasteiger partial charge on any atom is 0.276 e. The van der Waals surface area contributed by atoms with Gasteiger partial charge in [-0.15, -0.1) is 0 Å². The van der Waals surface area contributed by atoms with E-state index in [1.165, 1.54) is 18.3 Å². The first-order chi connectivity index (χ1) is 19.4. The number of benzene rings is 1. The topological polar surface area (TPSA) is 107 Å². The van der Waals surface area contributed by atoms with E-state index in [0.717, 1.165) is 31.2 Å². The van der Waals surface area contributed by atoms with Crippen molar-refractivity contribution in [3.05, 3.63) is 75.9 Å². The van der Waals surface area contributed by atoms with Crippen molar-refractivity contribution in [3.63, 3.8) is 0 Å². The summed E-state index contributed by atoms with van der Waals surface area (Å²) in [7, 11) is 0. The molecule has 2 fully saturated rings. The van der Waals surface area contributed by atoms with Crippen LogP contribution in [0.4, 0.5) is 10.2 Å². The van der Waals surface area contributed by atoms with Gasteiger partial charge in [-0.3, -0.25) is 14.3 Å². The average Bonchev–Trinajstić information content (AvgIpc) is 3.36. The van der Waals surface area contributed by atoms with E-state index in [1.54, 1.807) is 23.0 Å². The number of anilines is 1. The molecule has 3 heterocycles. The molecule has 11 heteroatoms. The number of halogens is 2. The molecule has 1 saturated carbocycles. The number of nitrogens with one attached hydrogen (secondary N) is 2. The summed E-state index contributed by atoms with van der Waals surface area (Å²) in [6.45, 7) is 3.02. The molecule has 2 aromatic heterocycles. The second kappa shape index (κ2) is 12.6. The van der Waals surface area contributed by atoms with Crippen LogP contribution in [0.25, 0.3) is 0 Å². The van der Waals surface area contributed by atoms with Crippen LogP contribution in [0.3, 0.4) is 0 Å². The van der Waals surface area contributed by atoms with Gasteiger partial charge in [-0.25, -0.2) is 9.37 Å². The molecule has 0 spiro atoms. The molecule has 5 rings (SSSR count). The Hall–Kier alpha value is -3.78. The molecular formula is C29H29ClFN5O4. The second-order valence-corrected chi connectivity index (χ2v) is 10.2. The number of amides is 2. The van der Waals surface area contributed by atoms with Crippen LogP contribution in [0, 0.1) is 24.6 Å². The molecule has 40 heavy (non-hydrogen) atoms. The van der Waals surface area contributed by atoms with Gasteiger partial charge < -0.3 is 20.1 Å². The lowest BCUT2D eigenvalue weighted by Gasteiger charge is -2.31. The van der Waals surface area contributed by atoms with Gasteiger partial charge in [0.15, 0.2) is 6.10 Å². The summed E-state index contributed by atoms with van der Waals surface area (Å²) in [6, 6.07) is 7.73. The largest absolute Gasteiger partial charge is 0.376 e. The van der Waals surface area contributed by atoms with Crippen LogP contribution in [-0.2, 0) is 14.3 Å². The van der Waals surface area contributed by atoms with Crippen molar-refractivity contribution in [2.75, 3.05) is 25.1 Å². The molecule has 1 saturated heterocycles. The Kier molecular flexibility index (Phi) is 8.75. The summed E-state index contributed by atoms with van der Waals surface area (Å²) in [5.74, 6) is 5.48. The summed E-state index contributed by atoms with van der Waals surface area (Å²) in [5, 5.41) is 10.5. The van der Waals surface area contributed by atoms with E-state index in [-0.39, 0.29) is 41.1 Å². The van der Waals surface area contributed by atoms with Gasteiger partial charge >= 0.3 is 0 Å². The molecule has 9 nitrogen and oxygen atoms in total. The van der Waals surface area contributed by atoms with E-state index < -0.39 is 12.0 Å². The van der Waals surface area contributed by atoms with Gasteiger partial charge in [0.1, 0.15) is 17.3 Å². The lowest BCUT2D eigenvalue weighted by molar-refractivity contribution is -0.148. The first kappa shape index (κ1) is 27.8. The molecule has 1 aliphatic carbocycles. The highest BCUT2D eigenvalue weighted by Crippen LogP contribution is 2.31. The molecule has 2 amide bonds. The van der Waals surface area contributed by atoms with E-state index >= 15 is 0 Å². The Morgan fingerprint density at radius 1 is 1.07 bits per heavy atom. The third-order valence-electron chi connectivity index (χ3n) is 6.97. The standard InChI is InChI=1S/C29H29ClFN5O4/c1-18-14-20(3-2-19-4-6-21(31)7-5-19)15-32-27(18)35-29(38)26-24(30)16-33-36(26)23-10-8-22(9-11-23)34-28(37)25-17-39-12-13-40-25/h4-7,14-16,22-23,25H,8-13,17H2,1H3,(H,34,37)(H,32,35,38)/t22-,23+,25?. The summed E-state index contributed by atoms with van der Waals surface area (Å²) in [5.41, 5.74) is 2.34. The van der Waals surface area contributed by atoms with E-state index in [1.807, 2.05) is 13.0 Å². The number of hydrogen-bond acceptors (Lipinski definition) is 6. The van der Waals surface area contributed by atoms with Crippen molar-refractivity contribution in [3.8, 4) is 11.8 Å². The maximum absolute atomic E-state index is 13.3. The van der Waals surface area contributed by atoms with Gasteiger partial charge in [-0.1, -0.05) is 23.4 Å². The van der Waals surface area contributed by atoms with Crippen LogP contribution >= 0.6 is 11.6 Å². The molecule has 1 unspecified atom stereocenters. The minimum Gasteiger partial charge on any atom is -0.376 e. The highest BCUT2D eigenvalue weighted by atomic mass is 35.5. The fourth-order valence-corrected chi connectivity index (χ4v) is 5.06. The molecule has 208 valence electrons. The van der Waals surface area contributed by atoms with Crippen LogP contribution in [0.2, 0.25) is 5.02 Å². The van der Waals surface area contributed by atoms with Gasteiger partial charge in [-0.05, 0) is 68.5 Å². The second-order valence-electron chi connectivity index (χ2n) is 9.83. The molecule has 0 radical (unpaired) electrons. The fourth-order valence-electron chi connectivity index (χ4n) is 4.85. The van der Waals surface area contributed by atoms with Gasteiger partial charge in [0.25, 0.3) is 11.8 Å². The van der Waals surface area contributed by atoms with Crippen molar-refractivity contribution in [1.82, 2.24) is 20.1 Å². The van der Waals surface area contributed by atoms with Crippen molar-refractivity contribution in [1.29, 1.82) is 0 Å². The van der Waals surface area contributed by atoms with E-state index in [0.29, 0.717) is 30.2 Å². The number of ether oxygens (including phenoxy) is 2. The number of hydrogen-bond donors (Lipinski definition) is 2. The lowest BCUT2D eigenvalue weighted by atomic mass is 9.91. The Labute approximate surface area is 236 Å². The number of nitrogens with zero attached hydrogens (tertiary/aromatic N) is 3. The summed E-state index contributed by atoms with van der Waals surface area (Å²) >= 11 is 6.39. The molecule has 1 atom stereocenters. The zero-order valence-corrected chi connectivity index (χ0v) is 22.7. The molecule has 2 N–H and O–H groups in total. The number of carbonyl (C=O) groups excluding carboxylic acids is 2. The van der Waals surface area contributed by atoms with Crippen molar-refractivity contribution in [2.24, 2.45) is 0 Å². The number of aryl methyl sites for hydroxylation is 1. The van der Waals surface area contributed by atoms with Crippen molar-refractivity contribution in [2.45, 2.75) is 50.8 Å². The lowest BCUT2D eigenvalue weighted by Crippen LogP contribution is -2.47. The minimum atomic E-state index is -0.570. The zero-order chi connectivity index (χ0) is 28.1. The van der Waals surface area contributed by atoms with E-state index in [4.69, 9.17) is 21.1 Å². The van der Waals surface area contributed by atoms with Gasteiger partial charge in [0.05, 0.1) is 37.1 Å². The normalized spacial score (nSPS) is 20.7. The summed E-state index contributed by atoms with van der Waals surface area (Å²) in [4.78, 5) is 30.1. The van der Waals surface area contributed by atoms with Crippen LogP contribution in [0.1, 0.15) is 58.9 Å². The Bertz CT molecular complexity index is 1430. The molecule has 1 aromatic carbocycles. The first-order valence-electron chi connectivity index (χ1n) is 13.2. The van der Waals surface area contributed by atoms with Crippen LogP contribution in [0.15, 0.2) is 42.7 Å². The van der Waals surface area contributed by atoms with E-state index in [2.05, 4.69) is 32.6 Å². The minimum absolute atomic E-state index is 0.0223. The monoisotopic (exact) mass is 565 g/mol. The Morgan fingerprint density at radius 2 is 1.82 bits per heavy atom. The summed E-state index contributed by atoms with van der Waals surface area (Å²) < 4.78 is 25.6. The van der Waals surface area contributed by atoms with Gasteiger partial charge in [0.2, 0.25) is 0 Å². The van der Waals surface area contributed by atoms with Crippen molar-refractivity contribution >= 4 is 29.2 Å². The third-order valence-corrected chi connectivity index (χ3v) is 7.25. The number of rotatable bonds is 5. The van der Waals surface area contributed by atoms with E-state index in [9.17, 15) is 14.0 Å². The molecule has 3 aromatic rings. The van der Waals surface area contributed by atoms with Gasteiger partial charge in [0, 0.05) is 23.4 Å². The zero-order valence-electron chi connectivity index (χ0n) is 22.0. The first-order valence-corrected chi connectivity index (χ1v) is 13.5. The van der Waals surface area contributed by atoms with Crippen LogP contribution < -0.4 is 10.6 Å². The predicted molar refractivity (Wildman–Crippen MR) is 147 cm³/mol. The highest BCUT2D eigenvalue weighted by molar-refractivity contribution is 6.34. The number of carbonyl (C=O) groups is 2. The van der Waals surface area contributed by atoms with Gasteiger partial charge in [-0.2, -0.15) is 5.10 Å². The molecule has 0 bridgehead atoms.